The van der Waals surface area contributed by atoms with Gasteiger partial charge in [-0.1, -0.05) is 0 Å². The molecular formula is C15H18N4O6. The number of aromatic nitrogens is 2. The van der Waals surface area contributed by atoms with E-state index >= 15 is 0 Å². The van der Waals surface area contributed by atoms with Crippen molar-refractivity contribution < 1.29 is 23.9 Å². The van der Waals surface area contributed by atoms with E-state index in [9.17, 15) is 14.9 Å². The number of benzene rings is 1. The predicted molar refractivity (Wildman–Crippen MR) is 87.3 cm³/mol. The summed E-state index contributed by atoms with van der Waals surface area (Å²) in [5, 5.41) is 17.2. The minimum Gasteiger partial charge on any atom is -0.493 e. The number of nitro groups is 1. The largest absolute Gasteiger partial charge is 0.493 e. The van der Waals surface area contributed by atoms with Gasteiger partial charge in [-0.2, -0.15) is 5.10 Å². The molecule has 10 heteroatoms. The molecule has 10 nitrogen and oxygen atoms in total. The maximum atomic E-state index is 12.4. The van der Waals surface area contributed by atoms with Gasteiger partial charge in [0.1, 0.15) is 12.4 Å². The summed E-state index contributed by atoms with van der Waals surface area (Å²) in [6.07, 6.45) is 2.45. The fraction of sp³-hybridized carbons (Fsp3) is 0.333. The zero-order chi connectivity index (χ0) is 18.4. The fourth-order valence-electron chi connectivity index (χ4n) is 2.23. The molecule has 0 aliphatic heterocycles. The Bertz CT molecular complexity index is 773. The van der Waals surface area contributed by atoms with Crippen molar-refractivity contribution in [1.29, 1.82) is 0 Å². The number of carbonyl (C=O) groups excluding carboxylic acids is 1. The van der Waals surface area contributed by atoms with Crippen molar-refractivity contribution in [1.82, 2.24) is 15.1 Å². The Labute approximate surface area is 143 Å². The number of hydrogen-bond donors (Lipinski definition) is 1. The summed E-state index contributed by atoms with van der Waals surface area (Å²) in [5.74, 6) is 0.647. The van der Waals surface area contributed by atoms with Crippen LogP contribution in [0.4, 0.5) is 5.69 Å². The van der Waals surface area contributed by atoms with E-state index in [1.807, 2.05) is 0 Å². The van der Waals surface area contributed by atoms with Crippen LogP contribution < -0.4 is 19.5 Å². The maximum Gasteiger partial charge on any atom is 0.306 e. The zero-order valence-electron chi connectivity index (χ0n) is 14.0. The molecule has 1 aromatic heterocycles. The summed E-state index contributed by atoms with van der Waals surface area (Å²) < 4.78 is 17.1. The van der Waals surface area contributed by atoms with Crippen LogP contribution in [0.25, 0.3) is 0 Å². The topological polar surface area (TPSA) is 118 Å². The molecule has 2 aromatic rings. The van der Waals surface area contributed by atoms with Crippen molar-refractivity contribution in [3.63, 3.8) is 0 Å². The molecule has 1 aromatic carbocycles. The van der Waals surface area contributed by atoms with Gasteiger partial charge in [-0.25, -0.2) is 0 Å². The number of nitrogens with one attached hydrogen (secondary N) is 1. The van der Waals surface area contributed by atoms with Crippen molar-refractivity contribution in [2.24, 2.45) is 0 Å². The highest BCUT2D eigenvalue weighted by atomic mass is 16.6. The number of carbonyl (C=O) groups is 1. The molecule has 1 amide bonds. The molecule has 25 heavy (non-hydrogen) atoms. The Morgan fingerprint density at radius 1 is 1.24 bits per heavy atom. The molecule has 0 saturated carbocycles. The summed E-state index contributed by atoms with van der Waals surface area (Å²) in [6, 6.07) is 3.17. The maximum absolute atomic E-state index is 12.4. The summed E-state index contributed by atoms with van der Waals surface area (Å²) >= 11 is 0. The van der Waals surface area contributed by atoms with Crippen molar-refractivity contribution in [3.8, 4) is 17.2 Å². The third kappa shape index (κ3) is 3.97. The van der Waals surface area contributed by atoms with Crippen LogP contribution in [0.15, 0.2) is 24.5 Å². The molecule has 0 aliphatic carbocycles. The molecular weight excluding hydrogens is 332 g/mol. The normalized spacial score (nSPS) is 10.2. The van der Waals surface area contributed by atoms with Crippen molar-refractivity contribution in [3.05, 3.63) is 40.2 Å². The number of amides is 1. The lowest BCUT2D eigenvalue weighted by Gasteiger charge is -2.15. The zero-order valence-corrected chi connectivity index (χ0v) is 14.0. The quantitative estimate of drug-likeness (QED) is 0.562. The summed E-state index contributed by atoms with van der Waals surface area (Å²) in [7, 11) is 4.37. The van der Waals surface area contributed by atoms with Gasteiger partial charge in [-0.3, -0.25) is 19.6 Å². The van der Waals surface area contributed by atoms with E-state index in [1.165, 1.54) is 32.2 Å². The second-order valence-electron chi connectivity index (χ2n) is 4.86. The minimum absolute atomic E-state index is 0.104. The van der Waals surface area contributed by atoms with E-state index in [0.29, 0.717) is 11.5 Å². The molecule has 0 saturated heterocycles. The van der Waals surface area contributed by atoms with Gasteiger partial charge in [0.05, 0.1) is 38.4 Å². The van der Waals surface area contributed by atoms with Crippen LogP contribution in [0, 0.1) is 10.1 Å². The predicted octanol–water partition coefficient (Wildman–Crippen LogP) is 1.25. The first-order chi connectivity index (χ1) is 12.0. The number of ether oxygens (including phenoxy) is 3. The monoisotopic (exact) mass is 350 g/mol. The first-order valence-electron chi connectivity index (χ1n) is 7.25. The van der Waals surface area contributed by atoms with Gasteiger partial charge < -0.3 is 19.5 Å². The average molecular weight is 350 g/mol. The first kappa shape index (κ1) is 18.0. The molecule has 1 heterocycles. The SMILES string of the molecule is COc1ccc(C(=O)NCCn2cc([N+](=O)[O-])cn2)c(OC)c1OC. The van der Waals surface area contributed by atoms with Crippen molar-refractivity contribution in [2.75, 3.05) is 27.9 Å². The van der Waals surface area contributed by atoms with E-state index in [2.05, 4.69) is 10.4 Å². The standard InChI is InChI=1S/C15H18N4O6/c1-23-12-5-4-11(13(24-2)14(12)25-3)15(20)16-6-7-18-9-10(8-17-18)19(21)22/h4-5,8-9H,6-7H2,1-3H3,(H,16,20). The van der Waals surface area contributed by atoms with E-state index in [1.54, 1.807) is 12.1 Å². The summed E-state index contributed by atoms with van der Waals surface area (Å²) in [5.41, 5.74) is 0.180. The highest BCUT2D eigenvalue weighted by Crippen LogP contribution is 2.39. The lowest BCUT2D eigenvalue weighted by atomic mass is 10.1. The number of hydrogen-bond acceptors (Lipinski definition) is 7. The lowest BCUT2D eigenvalue weighted by molar-refractivity contribution is -0.385. The summed E-state index contributed by atoms with van der Waals surface area (Å²) in [6.45, 7) is 0.518. The molecule has 134 valence electrons. The Morgan fingerprint density at radius 2 is 1.96 bits per heavy atom. The van der Waals surface area contributed by atoms with Crippen LogP contribution >= 0.6 is 0 Å². The third-order valence-electron chi connectivity index (χ3n) is 3.41. The van der Waals surface area contributed by atoms with Crippen LogP contribution in [-0.2, 0) is 6.54 Å². The number of methoxy groups -OCH3 is 3. The van der Waals surface area contributed by atoms with Crippen molar-refractivity contribution >= 4 is 11.6 Å². The van der Waals surface area contributed by atoms with Crippen LogP contribution in [0.5, 0.6) is 17.2 Å². The molecule has 0 atom stereocenters. The molecule has 1 N–H and O–H groups in total. The van der Waals surface area contributed by atoms with Gasteiger partial charge in [-0.05, 0) is 12.1 Å². The first-order valence-corrected chi connectivity index (χ1v) is 7.25. The Kier molecular flexibility index (Phi) is 5.77. The molecule has 0 unspecified atom stereocenters. The molecule has 0 bridgehead atoms. The van der Waals surface area contributed by atoms with Gasteiger partial charge in [-0.15, -0.1) is 0 Å². The Morgan fingerprint density at radius 3 is 2.52 bits per heavy atom. The smallest absolute Gasteiger partial charge is 0.306 e. The van der Waals surface area contributed by atoms with Gasteiger partial charge in [0, 0.05) is 6.54 Å². The van der Waals surface area contributed by atoms with Crippen molar-refractivity contribution in [2.45, 2.75) is 6.54 Å². The second kappa shape index (κ2) is 7.99. The van der Waals surface area contributed by atoms with Crippen LogP contribution in [-0.4, -0.2) is 48.5 Å². The van der Waals surface area contributed by atoms with E-state index in [0.717, 1.165) is 6.20 Å². The van der Waals surface area contributed by atoms with E-state index in [-0.39, 0.29) is 36.0 Å². The highest BCUT2D eigenvalue weighted by Gasteiger charge is 2.20. The van der Waals surface area contributed by atoms with Crippen LogP contribution in [0.2, 0.25) is 0 Å². The molecule has 0 spiro atoms. The molecule has 0 fully saturated rings. The van der Waals surface area contributed by atoms with Crippen LogP contribution in [0.3, 0.4) is 0 Å². The lowest BCUT2D eigenvalue weighted by Crippen LogP contribution is -2.27. The highest BCUT2D eigenvalue weighted by molar-refractivity contribution is 5.98. The van der Waals surface area contributed by atoms with E-state index in [4.69, 9.17) is 14.2 Å². The minimum atomic E-state index is -0.531. The fourth-order valence-corrected chi connectivity index (χ4v) is 2.23. The third-order valence-corrected chi connectivity index (χ3v) is 3.41. The van der Waals surface area contributed by atoms with Crippen LogP contribution in [0.1, 0.15) is 10.4 Å². The molecule has 0 aliphatic rings. The Hall–Kier alpha value is -3.30. The van der Waals surface area contributed by atoms with Gasteiger partial charge in [0.25, 0.3) is 5.91 Å². The van der Waals surface area contributed by atoms with Gasteiger partial charge >= 0.3 is 5.69 Å². The molecule has 2 rings (SSSR count). The Balaban J connectivity index is 2.06. The number of nitrogens with zero attached hydrogens (tertiary/aromatic N) is 3. The van der Waals surface area contributed by atoms with Gasteiger partial charge in [0.2, 0.25) is 5.75 Å². The summed E-state index contributed by atoms with van der Waals surface area (Å²) in [4.78, 5) is 22.5. The second-order valence-corrected chi connectivity index (χ2v) is 4.86. The average Bonchev–Trinajstić information content (AvgIpc) is 3.09. The van der Waals surface area contributed by atoms with Gasteiger partial charge in [0.15, 0.2) is 11.5 Å². The number of rotatable bonds is 8. The molecule has 0 radical (unpaired) electrons. The van der Waals surface area contributed by atoms with E-state index < -0.39 is 4.92 Å².